The molecule has 0 N–H and O–H groups in total. The number of hydrogen-bond acceptors (Lipinski definition) is 1. The second-order valence-corrected chi connectivity index (χ2v) is 6.19. The fourth-order valence-electron chi connectivity index (χ4n) is 3.32. The Bertz CT molecular complexity index is 1000. The second-order valence-electron chi connectivity index (χ2n) is 6.19. The first kappa shape index (κ1) is 16.2. The molecule has 0 aliphatic heterocycles. The molecule has 0 radical (unpaired) electrons. The van der Waals surface area contributed by atoms with Crippen LogP contribution in [0.3, 0.4) is 0 Å². The van der Waals surface area contributed by atoms with Gasteiger partial charge in [0.25, 0.3) is 0 Å². The minimum atomic E-state index is 0.886. The van der Waals surface area contributed by atoms with Gasteiger partial charge in [-0.25, -0.2) is 0 Å². The zero-order chi connectivity index (χ0) is 17.8. The molecule has 0 amide bonds. The molecule has 1 nitrogen and oxygen atoms in total. The lowest BCUT2D eigenvalue weighted by Gasteiger charge is -2.14. The summed E-state index contributed by atoms with van der Waals surface area (Å²) in [6.07, 6.45) is 0. The molecule has 4 aromatic rings. The number of ether oxygens (including phenoxy) is 1. The molecule has 0 saturated heterocycles. The monoisotopic (exact) mass is 336 g/mol. The summed E-state index contributed by atoms with van der Waals surface area (Å²) >= 11 is 0. The van der Waals surface area contributed by atoms with E-state index in [0.29, 0.717) is 0 Å². The van der Waals surface area contributed by atoms with E-state index in [1.165, 1.54) is 16.7 Å². The van der Waals surface area contributed by atoms with Crippen LogP contribution in [0.4, 0.5) is 0 Å². The summed E-state index contributed by atoms with van der Waals surface area (Å²) in [5.74, 6) is 0.886. The number of methoxy groups -OCH3 is 1. The molecule has 0 saturated carbocycles. The summed E-state index contributed by atoms with van der Waals surface area (Å²) < 4.78 is 5.71. The van der Waals surface area contributed by atoms with Crippen LogP contribution < -0.4 is 4.74 Å². The van der Waals surface area contributed by atoms with Crippen LogP contribution >= 0.6 is 0 Å². The van der Waals surface area contributed by atoms with Gasteiger partial charge in [-0.3, -0.25) is 0 Å². The van der Waals surface area contributed by atoms with E-state index in [1.807, 2.05) is 24.3 Å². The van der Waals surface area contributed by atoms with Gasteiger partial charge in [-0.15, -0.1) is 0 Å². The molecule has 0 spiro atoms. The lowest BCUT2D eigenvalue weighted by Crippen LogP contribution is -1.90. The molecule has 126 valence electrons. The van der Waals surface area contributed by atoms with Crippen LogP contribution in [0, 0.1) is 0 Å². The van der Waals surface area contributed by atoms with Gasteiger partial charge < -0.3 is 4.74 Å². The fraction of sp³-hybridized carbons (Fsp3) is 0.0400. The summed E-state index contributed by atoms with van der Waals surface area (Å²) in [5, 5.41) is 0. The molecule has 0 atom stereocenters. The van der Waals surface area contributed by atoms with Crippen molar-refractivity contribution >= 4 is 0 Å². The predicted octanol–water partition coefficient (Wildman–Crippen LogP) is 6.70. The van der Waals surface area contributed by atoms with E-state index < -0.39 is 0 Å². The van der Waals surface area contributed by atoms with Gasteiger partial charge >= 0.3 is 0 Å². The standard InChI is InChI=1S/C25H20O/c1-26-25-18-21(16-17-24(25)20-12-6-3-7-13-20)23-15-9-8-14-22(23)19-10-4-2-5-11-19/h2-18H,1H3. The number of rotatable bonds is 4. The van der Waals surface area contributed by atoms with Gasteiger partial charge in [-0.2, -0.15) is 0 Å². The molecule has 0 bridgehead atoms. The maximum absolute atomic E-state index is 5.71. The SMILES string of the molecule is COc1cc(-c2ccccc2-c2ccccc2)ccc1-c1ccccc1. The number of benzene rings is 4. The van der Waals surface area contributed by atoms with Crippen molar-refractivity contribution in [1.82, 2.24) is 0 Å². The molecule has 0 aliphatic carbocycles. The molecule has 0 aliphatic rings. The van der Waals surface area contributed by atoms with Crippen LogP contribution in [0.25, 0.3) is 33.4 Å². The largest absolute Gasteiger partial charge is 0.496 e. The highest BCUT2D eigenvalue weighted by atomic mass is 16.5. The summed E-state index contributed by atoms with van der Waals surface area (Å²) in [6, 6.07) is 35.8. The zero-order valence-electron chi connectivity index (χ0n) is 14.7. The molecule has 0 heterocycles. The lowest BCUT2D eigenvalue weighted by molar-refractivity contribution is 0.416. The first-order valence-electron chi connectivity index (χ1n) is 8.75. The summed E-state index contributed by atoms with van der Waals surface area (Å²) in [6.45, 7) is 0. The Hall–Kier alpha value is -3.32. The molecule has 4 rings (SSSR count). The van der Waals surface area contributed by atoms with Gasteiger partial charge in [0.15, 0.2) is 0 Å². The lowest BCUT2D eigenvalue weighted by atomic mass is 9.93. The highest BCUT2D eigenvalue weighted by Crippen LogP contribution is 2.37. The van der Waals surface area contributed by atoms with E-state index in [0.717, 1.165) is 22.4 Å². The van der Waals surface area contributed by atoms with Crippen molar-refractivity contribution in [3.8, 4) is 39.1 Å². The summed E-state index contributed by atoms with van der Waals surface area (Å²) in [5.41, 5.74) is 7.07. The van der Waals surface area contributed by atoms with Crippen LogP contribution in [-0.2, 0) is 0 Å². The average Bonchev–Trinajstić information content (AvgIpc) is 2.74. The third kappa shape index (κ3) is 3.12. The molecular weight excluding hydrogens is 316 g/mol. The van der Waals surface area contributed by atoms with Crippen LogP contribution in [0.1, 0.15) is 0 Å². The van der Waals surface area contributed by atoms with E-state index in [2.05, 4.69) is 78.9 Å². The first-order valence-corrected chi connectivity index (χ1v) is 8.75. The highest BCUT2D eigenvalue weighted by Gasteiger charge is 2.11. The topological polar surface area (TPSA) is 9.23 Å². The van der Waals surface area contributed by atoms with Crippen molar-refractivity contribution in [2.75, 3.05) is 7.11 Å². The van der Waals surface area contributed by atoms with Crippen molar-refractivity contribution in [1.29, 1.82) is 0 Å². The predicted molar refractivity (Wildman–Crippen MR) is 109 cm³/mol. The average molecular weight is 336 g/mol. The maximum Gasteiger partial charge on any atom is 0.127 e. The molecule has 1 heteroatoms. The Kier molecular flexibility index (Phi) is 4.53. The molecule has 0 aromatic heterocycles. The number of hydrogen-bond donors (Lipinski definition) is 0. The van der Waals surface area contributed by atoms with Crippen molar-refractivity contribution in [2.24, 2.45) is 0 Å². The second kappa shape index (κ2) is 7.28. The third-order valence-electron chi connectivity index (χ3n) is 4.61. The van der Waals surface area contributed by atoms with E-state index in [-0.39, 0.29) is 0 Å². The first-order chi connectivity index (χ1) is 12.9. The van der Waals surface area contributed by atoms with Crippen LogP contribution in [0.15, 0.2) is 103 Å². The molecular formula is C25H20O. The Labute approximate surface area is 154 Å². The van der Waals surface area contributed by atoms with Gasteiger partial charge in [0.2, 0.25) is 0 Å². The van der Waals surface area contributed by atoms with Crippen LogP contribution in [0.5, 0.6) is 5.75 Å². The normalized spacial score (nSPS) is 10.5. The summed E-state index contributed by atoms with van der Waals surface area (Å²) in [7, 11) is 1.73. The molecule has 4 aromatic carbocycles. The van der Waals surface area contributed by atoms with Gasteiger partial charge in [0, 0.05) is 5.56 Å². The molecule has 26 heavy (non-hydrogen) atoms. The van der Waals surface area contributed by atoms with E-state index in [4.69, 9.17) is 4.74 Å². The van der Waals surface area contributed by atoms with Gasteiger partial charge in [0.05, 0.1) is 7.11 Å². The minimum absolute atomic E-state index is 0.886. The maximum atomic E-state index is 5.71. The van der Waals surface area contributed by atoms with Gasteiger partial charge in [-0.05, 0) is 33.9 Å². The smallest absolute Gasteiger partial charge is 0.127 e. The Morgan fingerprint density at radius 3 is 1.54 bits per heavy atom. The quantitative estimate of drug-likeness (QED) is 0.403. The summed E-state index contributed by atoms with van der Waals surface area (Å²) in [4.78, 5) is 0. The molecule has 0 fully saturated rings. The van der Waals surface area contributed by atoms with Gasteiger partial charge in [-0.1, -0.05) is 97.1 Å². The van der Waals surface area contributed by atoms with Gasteiger partial charge in [0.1, 0.15) is 5.75 Å². The third-order valence-corrected chi connectivity index (χ3v) is 4.61. The van der Waals surface area contributed by atoms with E-state index >= 15 is 0 Å². The van der Waals surface area contributed by atoms with Crippen molar-refractivity contribution in [2.45, 2.75) is 0 Å². The van der Waals surface area contributed by atoms with Crippen molar-refractivity contribution in [3.05, 3.63) is 103 Å². The van der Waals surface area contributed by atoms with E-state index in [9.17, 15) is 0 Å². The van der Waals surface area contributed by atoms with Crippen LogP contribution in [0.2, 0.25) is 0 Å². The van der Waals surface area contributed by atoms with Crippen LogP contribution in [-0.4, -0.2) is 7.11 Å². The van der Waals surface area contributed by atoms with E-state index in [1.54, 1.807) is 7.11 Å². The fourth-order valence-corrected chi connectivity index (χ4v) is 3.32. The molecule has 0 unspecified atom stereocenters. The Balaban J connectivity index is 1.83. The zero-order valence-corrected chi connectivity index (χ0v) is 14.7. The highest BCUT2D eigenvalue weighted by molar-refractivity contribution is 5.85. The Morgan fingerprint density at radius 2 is 0.962 bits per heavy atom. The van der Waals surface area contributed by atoms with Crippen molar-refractivity contribution in [3.63, 3.8) is 0 Å². The Morgan fingerprint density at radius 1 is 0.462 bits per heavy atom. The minimum Gasteiger partial charge on any atom is -0.496 e. The van der Waals surface area contributed by atoms with Crippen molar-refractivity contribution < 1.29 is 4.74 Å².